The number of carbonyl (C=O) groups is 1. The fourth-order valence-corrected chi connectivity index (χ4v) is 3.29. The van der Waals surface area contributed by atoms with Crippen LogP contribution in [-0.2, 0) is 14.3 Å². The van der Waals surface area contributed by atoms with E-state index in [1.807, 2.05) is 35.2 Å². The van der Waals surface area contributed by atoms with Gasteiger partial charge in [-0.3, -0.25) is 4.79 Å². The first-order chi connectivity index (χ1) is 11.8. The smallest absolute Gasteiger partial charge is 0.228 e. The number of amides is 1. The fourth-order valence-electron chi connectivity index (χ4n) is 3.29. The highest BCUT2D eigenvalue weighted by Crippen LogP contribution is 2.27. The maximum Gasteiger partial charge on any atom is 0.228 e. The highest BCUT2D eigenvalue weighted by Gasteiger charge is 2.36. The van der Waals surface area contributed by atoms with Gasteiger partial charge in [0.05, 0.1) is 31.4 Å². The summed E-state index contributed by atoms with van der Waals surface area (Å²) in [5.74, 6) is 0.801. The first-order valence-electron chi connectivity index (χ1n) is 8.26. The topological polar surface area (TPSA) is 69.5 Å². The number of ether oxygens (including phenoxy) is 2. The Bertz CT molecular complexity index is 697. The Hall–Kier alpha value is -2.25. The molecule has 0 N–H and O–H groups in total. The van der Waals surface area contributed by atoms with Crippen molar-refractivity contribution < 1.29 is 14.3 Å². The van der Waals surface area contributed by atoms with Crippen LogP contribution in [0.25, 0.3) is 5.69 Å². The van der Waals surface area contributed by atoms with Gasteiger partial charge in [0.1, 0.15) is 12.4 Å². The molecular weight excluding hydrogens is 308 g/mol. The van der Waals surface area contributed by atoms with Crippen molar-refractivity contribution in [2.75, 3.05) is 33.0 Å². The number of aromatic nitrogens is 3. The van der Waals surface area contributed by atoms with Gasteiger partial charge in [-0.15, -0.1) is 0 Å². The number of para-hydroxylation sites is 1. The van der Waals surface area contributed by atoms with Gasteiger partial charge < -0.3 is 14.4 Å². The summed E-state index contributed by atoms with van der Waals surface area (Å²) in [6, 6.07) is 9.58. The van der Waals surface area contributed by atoms with Crippen molar-refractivity contribution in [1.29, 1.82) is 0 Å². The Kier molecular flexibility index (Phi) is 4.27. The standard InChI is InChI=1S/C17H20N4O3/c22-17(13-6-8-23-10-13)20-7-9-24-11-15(20)16-18-12-19-21(16)14-4-2-1-3-5-14/h1-5,12-13,15H,6-11H2/t13-,15+/m0/s1. The second kappa shape index (κ2) is 6.70. The quantitative estimate of drug-likeness (QED) is 0.847. The number of nitrogens with zero attached hydrogens (tertiary/aromatic N) is 4. The van der Waals surface area contributed by atoms with Gasteiger partial charge in [0.15, 0.2) is 5.82 Å². The van der Waals surface area contributed by atoms with Crippen molar-refractivity contribution in [2.24, 2.45) is 5.92 Å². The summed E-state index contributed by atoms with van der Waals surface area (Å²) in [6.45, 7) is 2.72. The molecule has 0 unspecified atom stereocenters. The molecule has 3 heterocycles. The van der Waals surface area contributed by atoms with E-state index in [2.05, 4.69) is 10.1 Å². The molecule has 24 heavy (non-hydrogen) atoms. The molecular formula is C17H20N4O3. The van der Waals surface area contributed by atoms with Gasteiger partial charge in [-0.1, -0.05) is 18.2 Å². The summed E-state index contributed by atoms with van der Waals surface area (Å²) in [5.41, 5.74) is 0.923. The van der Waals surface area contributed by atoms with Crippen molar-refractivity contribution in [3.63, 3.8) is 0 Å². The minimum absolute atomic E-state index is 0.0568. The van der Waals surface area contributed by atoms with E-state index in [1.165, 1.54) is 6.33 Å². The lowest BCUT2D eigenvalue weighted by atomic mass is 10.1. The Morgan fingerprint density at radius 1 is 1.12 bits per heavy atom. The molecule has 0 bridgehead atoms. The second-order valence-electron chi connectivity index (χ2n) is 6.05. The molecule has 7 nitrogen and oxygen atoms in total. The minimum Gasteiger partial charge on any atom is -0.381 e. The van der Waals surface area contributed by atoms with E-state index in [0.717, 1.165) is 17.9 Å². The summed E-state index contributed by atoms with van der Waals surface area (Å²) in [5, 5.41) is 4.34. The lowest BCUT2D eigenvalue weighted by Gasteiger charge is -2.36. The summed E-state index contributed by atoms with van der Waals surface area (Å²) in [6.07, 6.45) is 2.31. The van der Waals surface area contributed by atoms with Crippen LogP contribution in [0.4, 0.5) is 0 Å². The highest BCUT2D eigenvalue weighted by atomic mass is 16.5. The number of hydrogen-bond acceptors (Lipinski definition) is 5. The molecule has 1 amide bonds. The van der Waals surface area contributed by atoms with E-state index >= 15 is 0 Å². The zero-order chi connectivity index (χ0) is 16.4. The van der Waals surface area contributed by atoms with Gasteiger partial charge in [0, 0.05) is 13.2 Å². The molecule has 0 radical (unpaired) electrons. The van der Waals surface area contributed by atoms with Crippen LogP contribution >= 0.6 is 0 Å². The van der Waals surface area contributed by atoms with Crippen molar-refractivity contribution >= 4 is 5.91 Å². The van der Waals surface area contributed by atoms with Crippen molar-refractivity contribution in [3.8, 4) is 5.69 Å². The molecule has 2 aliphatic rings. The molecule has 7 heteroatoms. The average molecular weight is 328 g/mol. The summed E-state index contributed by atoms with van der Waals surface area (Å²) in [4.78, 5) is 19.2. The van der Waals surface area contributed by atoms with E-state index in [-0.39, 0.29) is 17.9 Å². The normalized spacial score (nSPS) is 24.2. The Labute approximate surface area is 140 Å². The number of benzene rings is 1. The predicted molar refractivity (Wildman–Crippen MR) is 85.6 cm³/mol. The van der Waals surface area contributed by atoms with E-state index in [0.29, 0.717) is 33.0 Å². The average Bonchev–Trinajstić information content (AvgIpc) is 3.33. The lowest BCUT2D eigenvalue weighted by molar-refractivity contribution is -0.145. The number of morpholine rings is 1. The SMILES string of the molecule is O=C([C@H]1CCOC1)N1CCOC[C@@H]1c1ncnn1-c1ccccc1. The third kappa shape index (κ3) is 2.81. The Balaban J connectivity index is 1.64. The molecule has 2 aliphatic heterocycles. The van der Waals surface area contributed by atoms with E-state index in [9.17, 15) is 4.79 Å². The number of hydrogen-bond donors (Lipinski definition) is 0. The van der Waals surface area contributed by atoms with Gasteiger partial charge in [-0.05, 0) is 18.6 Å². The van der Waals surface area contributed by atoms with E-state index < -0.39 is 0 Å². The molecule has 0 spiro atoms. The molecule has 2 aromatic rings. The second-order valence-corrected chi connectivity index (χ2v) is 6.05. The van der Waals surface area contributed by atoms with Gasteiger partial charge >= 0.3 is 0 Å². The molecule has 2 saturated heterocycles. The van der Waals surface area contributed by atoms with Crippen LogP contribution in [0, 0.1) is 5.92 Å². The Morgan fingerprint density at radius 3 is 2.75 bits per heavy atom. The van der Waals surface area contributed by atoms with Crippen LogP contribution in [0.5, 0.6) is 0 Å². The fraction of sp³-hybridized carbons (Fsp3) is 0.471. The van der Waals surface area contributed by atoms with Gasteiger partial charge in [0.2, 0.25) is 5.91 Å². The molecule has 1 aromatic heterocycles. The first-order valence-corrected chi connectivity index (χ1v) is 8.26. The zero-order valence-corrected chi connectivity index (χ0v) is 13.4. The van der Waals surface area contributed by atoms with Gasteiger partial charge in [-0.25, -0.2) is 9.67 Å². The molecule has 0 aliphatic carbocycles. The molecule has 1 aromatic carbocycles. The van der Waals surface area contributed by atoms with Gasteiger partial charge in [0.25, 0.3) is 0 Å². The van der Waals surface area contributed by atoms with Crippen LogP contribution in [-0.4, -0.2) is 58.5 Å². The number of carbonyl (C=O) groups excluding carboxylic acids is 1. The molecule has 0 saturated carbocycles. The summed E-state index contributed by atoms with van der Waals surface area (Å²) < 4.78 is 12.8. The summed E-state index contributed by atoms with van der Waals surface area (Å²) in [7, 11) is 0. The van der Waals surface area contributed by atoms with E-state index in [4.69, 9.17) is 9.47 Å². The van der Waals surface area contributed by atoms with Crippen molar-refractivity contribution in [3.05, 3.63) is 42.5 Å². The minimum atomic E-state index is -0.227. The monoisotopic (exact) mass is 328 g/mol. The number of rotatable bonds is 3. The molecule has 2 atom stereocenters. The van der Waals surface area contributed by atoms with Crippen LogP contribution in [0.15, 0.2) is 36.7 Å². The van der Waals surface area contributed by atoms with Gasteiger partial charge in [-0.2, -0.15) is 5.10 Å². The molecule has 126 valence electrons. The van der Waals surface area contributed by atoms with Crippen LogP contribution in [0.2, 0.25) is 0 Å². The lowest BCUT2D eigenvalue weighted by Crippen LogP contribution is -2.47. The Morgan fingerprint density at radius 2 is 1.96 bits per heavy atom. The van der Waals surface area contributed by atoms with Crippen LogP contribution in [0.3, 0.4) is 0 Å². The van der Waals surface area contributed by atoms with Crippen molar-refractivity contribution in [2.45, 2.75) is 12.5 Å². The largest absolute Gasteiger partial charge is 0.381 e. The predicted octanol–water partition coefficient (Wildman–Crippen LogP) is 1.20. The highest BCUT2D eigenvalue weighted by molar-refractivity contribution is 5.79. The van der Waals surface area contributed by atoms with Crippen molar-refractivity contribution in [1.82, 2.24) is 19.7 Å². The maximum absolute atomic E-state index is 12.9. The third-order valence-corrected chi connectivity index (χ3v) is 4.56. The zero-order valence-electron chi connectivity index (χ0n) is 13.4. The maximum atomic E-state index is 12.9. The molecule has 4 rings (SSSR count). The third-order valence-electron chi connectivity index (χ3n) is 4.56. The van der Waals surface area contributed by atoms with Crippen LogP contribution < -0.4 is 0 Å². The first kappa shape index (κ1) is 15.3. The summed E-state index contributed by atoms with van der Waals surface area (Å²) >= 11 is 0. The molecule has 2 fully saturated rings. The van der Waals surface area contributed by atoms with E-state index in [1.54, 1.807) is 4.68 Å². The van der Waals surface area contributed by atoms with Crippen LogP contribution in [0.1, 0.15) is 18.3 Å².